The first-order valence-corrected chi connectivity index (χ1v) is 4.98. The molecule has 5 heteroatoms. The number of allylic oxidation sites excluding steroid dienone is 2. The Kier molecular flexibility index (Phi) is 7.05. The summed E-state index contributed by atoms with van der Waals surface area (Å²) in [5.41, 5.74) is 1.39. The minimum Gasteiger partial charge on any atom is -0.374 e. The number of nitrogens with zero attached hydrogens (tertiary/aromatic N) is 2. The van der Waals surface area contributed by atoms with Gasteiger partial charge in [-0.3, -0.25) is 0 Å². The van der Waals surface area contributed by atoms with E-state index in [2.05, 4.69) is 37.1 Å². The molecule has 86 valence electrons. The molecule has 0 radical (unpaired) electrons. The molecule has 0 aromatic carbocycles. The Morgan fingerprint density at radius 1 is 1.67 bits per heavy atom. The molecule has 1 N–H and O–H groups in total. The molecular formula is C10H18N2O3. The van der Waals surface area contributed by atoms with Crippen LogP contribution in [0.25, 0.3) is 0 Å². The normalized spacial score (nSPS) is 14.0. The summed E-state index contributed by atoms with van der Waals surface area (Å²) in [4.78, 5) is 10.7. The predicted molar refractivity (Wildman–Crippen MR) is 58.2 cm³/mol. The average molecular weight is 214 g/mol. The van der Waals surface area contributed by atoms with E-state index < -0.39 is 5.09 Å². The van der Waals surface area contributed by atoms with Crippen molar-refractivity contribution in [3.8, 4) is 0 Å². The van der Waals surface area contributed by atoms with E-state index in [4.69, 9.17) is 15.3 Å². The predicted octanol–water partition coefficient (Wildman–Crippen LogP) is 2.21. The molecule has 0 aromatic heterocycles. The summed E-state index contributed by atoms with van der Waals surface area (Å²) in [6.45, 7) is 6.68. The molecular weight excluding hydrogens is 196 g/mol. The van der Waals surface area contributed by atoms with Gasteiger partial charge in [0.2, 0.25) is 0 Å². The van der Waals surface area contributed by atoms with Gasteiger partial charge in [-0.15, -0.1) is 10.1 Å². The maximum Gasteiger partial charge on any atom is 0.291 e. The Bertz CT molecular complexity index is 245. The van der Waals surface area contributed by atoms with Gasteiger partial charge in [0.1, 0.15) is 0 Å². The molecule has 0 atom stereocenters. The van der Waals surface area contributed by atoms with E-state index in [1.165, 1.54) is 25.0 Å². The highest BCUT2D eigenvalue weighted by atomic mass is 16.9. The molecule has 0 aliphatic carbocycles. The fourth-order valence-corrected chi connectivity index (χ4v) is 1.14. The van der Waals surface area contributed by atoms with Gasteiger partial charge in [-0.2, -0.15) is 0 Å². The van der Waals surface area contributed by atoms with E-state index in [9.17, 15) is 0 Å². The van der Waals surface area contributed by atoms with Crippen LogP contribution in [-0.2, 0) is 0 Å². The summed E-state index contributed by atoms with van der Waals surface area (Å²) in [5, 5.41) is 13.6. The molecule has 0 spiro atoms. The highest BCUT2D eigenvalue weighted by Crippen LogP contribution is 2.06. The van der Waals surface area contributed by atoms with E-state index in [0.29, 0.717) is 0 Å². The highest BCUT2D eigenvalue weighted by Gasteiger charge is 1.99. The average Bonchev–Trinajstić information content (AvgIpc) is 2.16. The quantitative estimate of drug-likeness (QED) is 0.577. The third kappa shape index (κ3) is 8.80. The zero-order valence-corrected chi connectivity index (χ0v) is 9.22. The first kappa shape index (κ1) is 13.5. The third-order valence-electron chi connectivity index (χ3n) is 1.99. The van der Waals surface area contributed by atoms with Crippen LogP contribution < -0.4 is 0 Å². The largest absolute Gasteiger partial charge is 0.374 e. The Labute approximate surface area is 89.8 Å². The molecule has 5 nitrogen and oxygen atoms in total. The van der Waals surface area contributed by atoms with Gasteiger partial charge in [-0.05, 0) is 25.6 Å². The van der Waals surface area contributed by atoms with Gasteiger partial charge in [-0.25, -0.2) is 0 Å². The number of unbranched alkanes of at least 4 members (excludes halogenated alkanes) is 1. The van der Waals surface area contributed by atoms with Crippen molar-refractivity contribution in [2.75, 3.05) is 13.1 Å². The van der Waals surface area contributed by atoms with Crippen LogP contribution in [0.1, 0.15) is 26.7 Å². The van der Waals surface area contributed by atoms with E-state index in [-0.39, 0.29) is 0 Å². The fourth-order valence-electron chi connectivity index (χ4n) is 1.14. The lowest BCUT2D eigenvalue weighted by atomic mass is 10.2. The molecule has 0 saturated carbocycles. The second-order valence-electron chi connectivity index (χ2n) is 3.35. The van der Waals surface area contributed by atoms with Gasteiger partial charge in [0, 0.05) is 13.1 Å². The van der Waals surface area contributed by atoms with Crippen LogP contribution in [-0.4, -0.2) is 28.3 Å². The molecule has 0 amide bonds. The lowest BCUT2D eigenvalue weighted by molar-refractivity contribution is -0.742. The lowest BCUT2D eigenvalue weighted by Gasteiger charge is -2.21. The fraction of sp³-hybridized carbons (Fsp3) is 0.600. The van der Waals surface area contributed by atoms with Crippen molar-refractivity contribution in [2.45, 2.75) is 26.7 Å². The smallest absolute Gasteiger partial charge is 0.291 e. The molecule has 0 fully saturated rings. The first-order chi connectivity index (χ1) is 7.06. The second-order valence-corrected chi connectivity index (χ2v) is 3.35. The Hall–Kier alpha value is -1.52. The van der Waals surface area contributed by atoms with Crippen LogP contribution in [0.2, 0.25) is 0 Å². The standard InChI is InChI=1S/C10H17N.HNO3/c1-3-4-7-11-8-5-10(2)6-9-11;2-1(3)4/h5-6,8H,3-4,7,9H2,1-2H3;(H,2,3,4). The van der Waals surface area contributed by atoms with E-state index in [0.717, 1.165) is 6.54 Å². The summed E-state index contributed by atoms with van der Waals surface area (Å²) in [6, 6.07) is 0. The summed E-state index contributed by atoms with van der Waals surface area (Å²) in [6.07, 6.45) is 9.24. The van der Waals surface area contributed by atoms with Crippen molar-refractivity contribution in [3.63, 3.8) is 0 Å². The van der Waals surface area contributed by atoms with E-state index in [1.807, 2.05) is 0 Å². The zero-order chi connectivity index (χ0) is 11.7. The van der Waals surface area contributed by atoms with Gasteiger partial charge in [0.05, 0.1) is 0 Å². The van der Waals surface area contributed by atoms with Crippen molar-refractivity contribution in [3.05, 3.63) is 34.0 Å². The second kappa shape index (κ2) is 7.84. The van der Waals surface area contributed by atoms with Crippen molar-refractivity contribution in [2.24, 2.45) is 0 Å². The Balaban J connectivity index is 0.000000423. The topological polar surface area (TPSA) is 66.6 Å². The van der Waals surface area contributed by atoms with Gasteiger partial charge < -0.3 is 10.1 Å². The monoisotopic (exact) mass is 214 g/mol. The number of rotatable bonds is 3. The minimum absolute atomic E-state index is 1.10. The molecule has 1 heterocycles. The van der Waals surface area contributed by atoms with Crippen LogP contribution in [0, 0.1) is 10.1 Å². The molecule has 0 aromatic rings. The van der Waals surface area contributed by atoms with Crippen LogP contribution in [0.4, 0.5) is 0 Å². The molecule has 1 aliphatic heterocycles. The Morgan fingerprint density at radius 3 is 2.67 bits per heavy atom. The maximum atomic E-state index is 8.36. The molecule has 1 aliphatic rings. The molecule has 0 unspecified atom stereocenters. The van der Waals surface area contributed by atoms with Crippen LogP contribution in [0.15, 0.2) is 23.9 Å². The van der Waals surface area contributed by atoms with Crippen LogP contribution in [0.3, 0.4) is 0 Å². The SMILES string of the molecule is CCCCN1C=CC(C)=CC1.O=[N+]([O-])O. The first-order valence-electron chi connectivity index (χ1n) is 4.98. The van der Waals surface area contributed by atoms with Crippen molar-refractivity contribution in [1.82, 2.24) is 4.90 Å². The van der Waals surface area contributed by atoms with Gasteiger partial charge >= 0.3 is 0 Å². The van der Waals surface area contributed by atoms with Gasteiger partial charge in [0.15, 0.2) is 0 Å². The Morgan fingerprint density at radius 2 is 2.27 bits per heavy atom. The summed E-state index contributed by atoms with van der Waals surface area (Å²) in [5.74, 6) is 0. The maximum absolute atomic E-state index is 8.36. The lowest BCUT2D eigenvalue weighted by Crippen LogP contribution is -2.20. The van der Waals surface area contributed by atoms with Crippen molar-refractivity contribution < 1.29 is 10.3 Å². The number of hydrogen-bond donors (Lipinski definition) is 1. The van der Waals surface area contributed by atoms with E-state index in [1.54, 1.807) is 0 Å². The zero-order valence-electron chi connectivity index (χ0n) is 9.22. The molecule has 0 saturated heterocycles. The summed E-state index contributed by atoms with van der Waals surface area (Å²) in [7, 11) is 0. The van der Waals surface area contributed by atoms with E-state index >= 15 is 0 Å². The van der Waals surface area contributed by atoms with Crippen molar-refractivity contribution >= 4 is 0 Å². The molecule has 0 bridgehead atoms. The third-order valence-corrected chi connectivity index (χ3v) is 1.99. The summed E-state index contributed by atoms with van der Waals surface area (Å²) < 4.78 is 0. The van der Waals surface area contributed by atoms with Gasteiger partial charge in [-0.1, -0.05) is 25.0 Å². The number of hydrogen-bond acceptors (Lipinski definition) is 3. The highest BCUT2D eigenvalue weighted by molar-refractivity contribution is 5.19. The minimum atomic E-state index is -1.50. The van der Waals surface area contributed by atoms with Crippen molar-refractivity contribution in [1.29, 1.82) is 0 Å². The molecule has 1 rings (SSSR count). The van der Waals surface area contributed by atoms with Crippen LogP contribution in [0.5, 0.6) is 0 Å². The molecule has 15 heavy (non-hydrogen) atoms. The van der Waals surface area contributed by atoms with Crippen LogP contribution >= 0.6 is 0 Å². The van der Waals surface area contributed by atoms with Gasteiger partial charge in [0.25, 0.3) is 5.09 Å². The summed E-state index contributed by atoms with van der Waals surface area (Å²) >= 11 is 0.